The minimum atomic E-state index is -0.904. The summed E-state index contributed by atoms with van der Waals surface area (Å²) in [7, 11) is 0. The first-order chi connectivity index (χ1) is 15.3. The predicted molar refractivity (Wildman–Crippen MR) is 120 cm³/mol. The predicted octanol–water partition coefficient (Wildman–Crippen LogP) is 3.30. The Kier molecular flexibility index (Phi) is 7.07. The molecule has 1 saturated heterocycles. The molecule has 3 rings (SSSR count). The average Bonchev–Trinajstić information content (AvgIpc) is 2.76. The smallest absolute Gasteiger partial charge is 0.338 e. The number of carbonyl (C=O) groups is 4. The highest BCUT2D eigenvalue weighted by Crippen LogP contribution is 2.28. The highest BCUT2D eigenvalue weighted by Gasteiger charge is 2.37. The van der Waals surface area contributed by atoms with E-state index in [1.165, 1.54) is 30.3 Å². The number of terminal acetylenes is 1. The van der Waals surface area contributed by atoms with Crippen LogP contribution in [0.15, 0.2) is 52.5 Å². The van der Waals surface area contributed by atoms with Crippen LogP contribution in [0.25, 0.3) is 6.08 Å². The number of rotatable bonds is 6. The van der Waals surface area contributed by atoms with E-state index in [2.05, 4.69) is 27.2 Å². The van der Waals surface area contributed by atoms with Crippen LogP contribution in [0, 0.1) is 12.3 Å². The van der Waals surface area contributed by atoms with Crippen molar-refractivity contribution in [2.45, 2.75) is 6.92 Å². The zero-order chi connectivity index (χ0) is 23.3. The lowest BCUT2D eigenvalue weighted by atomic mass is 10.1. The first-order valence-electron chi connectivity index (χ1n) is 9.40. The lowest BCUT2D eigenvalue weighted by Gasteiger charge is -2.26. The first-order valence-corrected chi connectivity index (χ1v) is 10.2. The number of benzene rings is 2. The van der Waals surface area contributed by atoms with Crippen molar-refractivity contribution in [3.05, 3.63) is 63.6 Å². The second kappa shape index (κ2) is 9.94. The summed E-state index contributed by atoms with van der Waals surface area (Å²) in [6.07, 6.45) is 6.56. The van der Waals surface area contributed by atoms with Crippen molar-refractivity contribution in [2.24, 2.45) is 0 Å². The third-order valence-electron chi connectivity index (χ3n) is 4.32. The van der Waals surface area contributed by atoms with Crippen molar-refractivity contribution in [3.8, 4) is 18.1 Å². The lowest BCUT2D eigenvalue weighted by Crippen LogP contribution is -2.54. The van der Waals surface area contributed by atoms with Crippen LogP contribution in [-0.4, -0.2) is 37.0 Å². The fourth-order valence-corrected chi connectivity index (χ4v) is 3.27. The van der Waals surface area contributed by atoms with E-state index in [0.29, 0.717) is 15.8 Å². The molecule has 32 heavy (non-hydrogen) atoms. The molecule has 0 aromatic heterocycles. The number of carbonyl (C=O) groups excluding carboxylic acids is 4. The maximum absolute atomic E-state index is 13.1. The number of ether oxygens (including phenoxy) is 2. The quantitative estimate of drug-likeness (QED) is 0.285. The molecule has 0 radical (unpaired) electrons. The van der Waals surface area contributed by atoms with E-state index in [1.807, 2.05) is 0 Å². The van der Waals surface area contributed by atoms with Crippen LogP contribution in [0.1, 0.15) is 22.8 Å². The minimum absolute atomic E-state index is 0.00459. The summed E-state index contributed by atoms with van der Waals surface area (Å²) < 4.78 is 11.1. The maximum atomic E-state index is 13.1. The Morgan fingerprint density at radius 1 is 1.19 bits per heavy atom. The standard InChI is InChI=1S/C23H17BrN2O6/c1-3-11-32-19-10-7-16(24)12-15(19)13-18-20(27)25-23(30)26(21(18)28)17-8-5-14(6-9-17)22(29)31-4-2/h1,5-10,12-13H,4,11H2,2H3,(H,25,27,30)/b18-13+. The van der Waals surface area contributed by atoms with Crippen LogP contribution < -0.4 is 15.0 Å². The molecule has 1 N–H and O–H groups in total. The van der Waals surface area contributed by atoms with Crippen LogP contribution in [0.2, 0.25) is 0 Å². The van der Waals surface area contributed by atoms with Crippen molar-refractivity contribution >= 4 is 51.5 Å². The molecule has 8 nitrogen and oxygen atoms in total. The number of imide groups is 2. The molecule has 2 aromatic rings. The molecule has 0 saturated carbocycles. The summed E-state index contributed by atoms with van der Waals surface area (Å²) in [6, 6.07) is 9.78. The van der Waals surface area contributed by atoms with Gasteiger partial charge >= 0.3 is 12.0 Å². The topological polar surface area (TPSA) is 102 Å². The molecule has 0 spiro atoms. The molecule has 0 aliphatic carbocycles. The maximum Gasteiger partial charge on any atom is 0.338 e. The van der Waals surface area contributed by atoms with Gasteiger partial charge in [0, 0.05) is 10.0 Å². The first kappa shape index (κ1) is 22.8. The Hall–Kier alpha value is -3.90. The molecule has 162 valence electrons. The Morgan fingerprint density at radius 2 is 1.91 bits per heavy atom. The van der Waals surface area contributed by atoms with Crippen molar-refractivity contribution in [2.75, 3.05) is 18.1 Å². The number of anilines is 1. The molecule has 9 heteroatoms. The number of hydrogen-bond donors (Lipinski definition) is 1. The molecule has 1 aliphatic rings. The van der Waals surface area contributed by atoms with Gasteiger partial charge in [-0.1, -0.05) is 21.9 Å². The Balaban J connectivity index is 1.97. The summed E-state index contributed by atoms with van der Waals surface area (Å²) in [5.74, 6) is 0.507. The molecule has 1 aliphatic heterocycles. The molecule has 4 amide bonds. The average molecular weight is 497 g/mol. The van der Waals surface area contributed by atoms with Gasteiger partial charge in [-0.05, 0) is 55.5 Å². The van der Waals surface area contributed by atoms with Gasteiger partial charge in [0.25, 0.3) is 11.8 Å². The Morgan fingerprint density at radius 3 is 2.56 bits per heavy atom. The van der Waals surface area contributed by atoms with Crippen LogP contribution >= 0.6 is 15.9 Å². The molecule has 1 fully saturated rings. The highest BCUT2D eigenvalue weighted by atomic mass is 79.9. The van der Waals surface area contributed by atoms with E-state index >= 15 is 0 Å². The molecule has 0 bridgehead atoms. The van der Waals surface area contributed by atoms with Gasteiger partial charge in [-0.15, -0.1) is 6.42 Å². The Labute approximate surface area is 192 Å². The van der Waals surface area contributed by atoms with Crippen molar-refractivity contribution in [1.29, 1.82) is 0 Å². The normalized spacial score (nSPS) is 14.7. The number of nitrogens with one attached hydrogen (secondary N) is 1. The Bertz CT molecular complexity index is 1160. The van der Waals surface area contributed by atoms with Crippen molar-refractivity contribution < 1.29 is 28.7 Å². The van der Waals surface area contributed by atoms with Gasteiger partial charge in [0.05, 0.1) is 17.9 Å². The van der Waals surface area contributed by atoms with E-state index in [1.54, 1.807) is 25.1 Å². The van der Waals surface area contributed by atoms with E-state index in [4.69, 9.17) is 15.9 Å². The highest BCUT2D eigenvalue weighted by molar-refractivity contribution is 9.10. The third-order valence-corrected chi connectivity index (χ3v) is 4.81. The second-order valence-electron chi connectivity index (χ2n) is 6.40. The number of barbiturate groups is 1. The van der Waals surface area contributed by atoms with Gasteiger partial charge in [0.1, 0.15) is 17.9 Å². The summed E-state index contributed by atoms with van der Waals surface area (Å²) in [5.41, 5.74) is 0.580. The summed E-state index contributed by atoms with van der Waals surface area (Å²) in [6.45, 7) is 1.89. The minimum Gasteiger partial charge on any atom is -0.480 e. The van der Waals surface area contributed by atoms with Gasteiger partial charge in [0.2, 0.25) is 0 Å². The number of amides is 4. The zero-order valence-electron chi connectivity index (χ0n) is 16.9. The second-order valence-corrected chi connectivity index (χ2v) is 7.32. The fraction of sp³-hybridized carbons (Fsp3) is 0.130. The van der Waals surface area contributed by atoms with Crippen molar-refractivity contribution in [3.63, 3.8) is 0 Å². The van der Waals surface area contributed by atoms with Crippen LogP contribution in [0.3, 0.4) is 0 Å². The van der Waals surface area contributed by atoms with Gasteiger partial charge in [-0.3, -0.25) is 14.9 Å². The van der Waals surface area contributed by atoms with Crippen LogP contribution in [0.5, 0.6) is 5.75 Å². The SMILES string of the molecule is C#CCOc1ccc(Br)cc1/C=C1\C(=O)NC(=O)N(c2ccc(C(=O)OCC)cc2)C1=O. The zero-order valence-corrected chi connectivity index (χ0v) is 18.5. The van der Waals surface area contributed by atoms with Gasteiger partial charge < -0.3 is 9.47 Å². The molecule has 1 heterocycles. The number of esters is 1. The molecule has 2 aromatic carbocycles. The molecule has 0 atom stereocenters. The van der Waals surface area contributed by atoms with Crippen LogP contribution in [-0.2, 0) is 14.3 Å². The molecular formula is C23H17BrN2O6. The molecular weight excluding hydrogens is 480 g/mol. The van der Waals surface area contributed by atoms with Gasteiger partial charge in [-0.2, -0.15) is 0 Å². The number of hydrogen-bond acceptors (Lipinski definition) is 6. The van der Waals surface area contributed by atoms with Gasteiger partial charge in [-0.25, -0.2) is 14.5 Å². The summed E-state index contributed by atoms with van der Waals surface area (Å²) >= 11 is 3.33. The number of nitrogens with zero attached hydrogens (tertiary/aromatic N) is 1. The van der Waals surface area contributed by atoms with E-state index in [-0.39, 0.29) is 30.0 Å². The third kappa shape index (κ3) is 4.87. The van der Waals surface area contributed by atoms with E-state index in [0.717, 1.165) is 4.90 Å². The van der Waals surface area contributed by atoms with E-state index in [9.17, 15) is 19.2 Å². The summed E-state index contributed by atoms with van der Waals surface area (Å²) in [4.78, 5) is 50.5. The van der Waals surface area contributed by atoms with Crippen molar-refractivity contribution in [1.82, 2.24) is 5.32 Å². The van der Waals surface area contributed by atoms with E-state index < -0.39 is 23.8 Å². The van der Waals surface area contributed by atoms with Crippen LogP contribution in [0.4, 0.5) is 10.5 Å². The fourth-order valence-electron chi connectivity index (χ4n) is 2.89. The lowest BCUT2D eigenvalue weighted by molar-refractivity contribution is -0.122. The number of urea groups is 1. The summed E-state index contributed by atoms with van der Waals surface area (Å²) in [5, 5.41) is 2.15. The molecule has 0 unspecified atom stereocenters. The monoisotopic (exact) mass is 496 g/mol. The largest absolute Gasteiger partial charge is 0.480 e. The van der Waals surface area contributed by atoms with Gasteiger partial charge in [0.15, 0.2) is 0 Å². The number of halogens is 1.